The number of phosphoric acid groups is 1. The van der Waals surface area contributed by atoms with Crippen molar-refractivity contribution < 1.29 is 37.5 Å². The number of carboxylic acid groups (broad SMARTS) is 1. The Morgan fingerprint density at radius 2 is 1.27 bits per heavy atom. The van der Waals surface area contributed by atoms with Gasteiger partial charge in [-0.3, -0.25) is 4.57 Å². The number of carbonyl (C=O) groups excluding carboxylic acids is 1. The Kier molecular flexibility index (Phi) is 20.7. The largest absolute Gasteiger partial charge is 0.756 e. The van der Waals surface area contributed by atoms with Crippen LogP contribution < -0.4 is 19.1 Å². The molecule has 2 heterocycles. The molecule has 0 aromatic carbocycles. The smallest absolute Gasteiger partial charge is 0.267 e. The lowest BCUT2D eigenvalue weighted by atomic mass is 10.3. The summed E-state index contributed by atoms with van der Waals surface area (Å²) in [5.41, 5.74) is 0. The van der Waals surface area contributed by atoms with Crippen LogP contribution in [-0.2, 0) is 45.6 Å². The van der Waals surface area contributed by atoms with Gasteiger partial charge in [-0.1, -0.05) is 40.0 Å². The van der Waals surface area contributed by atoms with Crippen molar-refractivity contribution in [2.75, 3.05) is 14.2 Å². The van der Waals surface area contributed by atoms with E-state index < -0.39 is 13.8 Å². The van der Waals surface area contributed by atoms with Gasteiger partial charge in [-0.15, -0.1) is 0 Å². The number of hydrogen-bond acceptors (Lipinski definition) is 6. The van der Waals surface area contributed by atoms with E-state index in [1.165, 1.54) is 25.7 Å². The minimum atomic E-state index is -3.90. The molecule has 2 rings (SSSR count). The third kappa shape index (κ3) is 21.6. The Bertz CT molecular complexity index is 726. The predicted octanol–water partition coefficient (Wildman–Crippen LogP) is 1.51. The Hall–Kier alpha value is -2.00. The van der Waals surface area contributed by atoms with Crippen molar-refractivity contribution in [3.63, 3.8) is 0 Å². The van der Waals surface area contributed by atoms with E-state index in [9.17, 15) is 19.4 Å². The zero-order valence-electron chi connectivity index (χ0n) is 21.3. The number of carbonyl (C=O) groups is 1. The van der Waals surface area contributed by atoms with Crippen LogP contribution >= 0.6 is 7.82 Å². The molecule has 0 fully saturated rings. The maximum Gasteiger partial charge on any atom is 0.267 e. The normalized spacial score (nSPS) is 10.2. The van der Waals surface area contributed by atoms with E-state index in [1.54, 1.807) is 6.92 Å². The minimum absolute atomic E-state index is 0.181. The molecule has 0 N–H and O–H groups in total. The van der Waals surface area contributed by atoms with Crippen LogP contribution in [0, 0.1) is 0 Å². The molecule has 0 bridgehead atoms. The average Bonchev–Trinajstić information content (AvgIpc) is 3.39. The molecule has 0 radical (unpaired) electrons. The number of rotatable bonds is 10. The van der Waals surface area contributed by atoms with Crippen molar-refractivity contribution in [3.05, 3.63) is 37.4 Å². The van der Waals surface area contributed by atoms with Crippen LogP contribution in [-0.4, -0.2) is 29.3 Å². The number of unbranched alkanes of at least 4 members (excludes halogenated alkanes) is 2. The molecule has 0 unspecified atom stereocenters. The number of carboxylic acids is 1. The molecule has 0 saturated heterocycles. The molecule has 0 aliphatic heterocycles. The van der Waals surface area contributed by atoms with Gasteiger partial charge in [0, 0.05) is 20.2 Å². The second-order valence-corrected chi connectivity index (χ2v) is 8.90. The minimum Gasteiger partial charge on any atom is -0.756 e. The lowest BCUT2D eigenvalue weighted by Crippen LogP contribution is -2.23. The van der Waals surface area contributed by atoms with Crippen molar-refractivity contribution in [1.29, 1.82) is 0 Å². The topological polar surface area (TPSA) is 116 Å². The number of aromatic nitrogens is 4. The number of hydrogen-bond donors (Lipinski definition) is 0. The molecule has 10 nitrogen and oxygen atoms in total. The van der Waals surface area contributed by atoms with Gasteiger partial charge in [-0.2, -0.15) is 0 Å². The Labute approximate surface area is 199 Å². The first-order valence-electron chi connectivity index (χ1n) is 11.2. The third-order valence-corrected chi connectivity index (χ3v) is 4.98. The van der Waals surface area contributed by atoms with Gasteiger partial charge in [0.05, 0.1) is 27.2 Å². The molecule has 2 aromatic heterocycles. The molecule has 0 spiro atoms. The second kappa shape index (κ2) is 20.6. The van der Waals surface area contributed by atoms with Crippen LogP contribution in [0.25, 0.3) is 0 Å². The first-order chi connectivity index (χ1) is 15.5. The highest BCUT2D eigenvalue weighted by Crippen LogP contribution is 2.34. The zero-order chi connectivity index (χ0) is 25.7. The summed E-state index contributed by atoms with van der Waals surface area (Å²) in [6.45, 7) is 8.53. The number of imidazole rings is 2. The first kappa shape index (κ1) is 33.2. The molecule has 0 aliphatic rings. The lowest BCUT2D eigenvalue weighted by Gasteiger charge is -2.16. The second-order valence-electron chi connectivity index (χ2n) is 7.28. The van der Waals surface area contributed by atoms with Crippen LogP contribution in [0.1, 0.15) is 59.3 Å². The van der Waals surface area contributed by atoms with Gasteiger partial charge < -0.3 is 23.8 Å². The van der Waals surface area contributed by atoms with Crippen molar-refractivity contribution in [2.24, 2.45) is 14.1 Å². The van der Waals surface area contributed by atoms with Crippen LogP contribution in [0.2, 0.25) is 0 Å². The molecule has 11 heteroatoms. The highest BCUT2D eigenvalue weighted by Gasteiger charge is 1.99. The van der Waals surface area contributed by atoms with E-state index in [2.05, 4.69) is 78.6 Å². The van der Waals surface area contributed by atoms with Crippen LogP contribution in [0.5, 0.6) is 0 Å². The maximum atomic E-state index is 9.95. The van der Waals surface area contributed by atoms with Crippen LogP contribution in [0.15, 0.2) is 37.4 Å². The SMILES string of the molecule is CCCC(=O)[O-].CCCCn1cc[n+](C)c1.CCCCn1cc[n+](C)c1.COP(=O)([O-])OC. The van der Waals surface area contributed by atoms with E-state index >= 15 is 0 Å². The molecular weight excluding hydrogens is 447 g/mol. The van der Waals surface area contributed by atoms with E-state index in [-0.39, 0.29) is 6.42 Å². The fourth-order valence-electron chi connectivity index (χ4n) is 2.23. The van der Waals surface area contributed by atoms with Gasteiger partial charge in [0.2, 0.25) is 12.7 Å². The van der Waals surface area contributed by atoms with Crippen molar-refractivity contribution in [1.82, 2.24) is 9.13 Å². The average molecular weight is 491 g/mol. The van der Waals surface area contributed by atoms with Gasteiger partial charge >= 0.3 is 0 Å². The molecule has 0 amide bonds. The molecule has 33 heavy (non-hydrogen) atoms. The van der Waals surface area contributed by atoms with E-state index in [4.69, 9.17) is 0 Å². The highest BCUT2D eigenvalue weighted by atomic mass is 31.2. The summed E-state index contributed by atoms with van der Waals surface area (Å²) >= 11 is 0. The number of phosphoric ester groups is 1. The summed E-state index contributed by atoms with van der Waals surface area (Å²) in [6.07, 6.45) is 18.5. The Morgan fingerprint density at radius 3 is 1.42 bits per heavy atom. The summed E-state index contributed by atoms with van der Waals surface area (Å²) < 4.78 is 26.2. The summed E-state index contributed by atoms with van der Waals surface area (Å²) in [5, 5.41) is 9.49. The monoisotopic (exact) mass is 490 g/mol. The lowest BCUT2D eigenvalue weighted by molar-refractivity contribution is -0.671. The predicted molar refractivity (Wildman–Crippen MR) is 123 cm³/mol. The number of nitrogens with zero attached hydrogens (tertiary/aromatic N) is 4. The molecule has 192 valence electrons. The molecule has 2 aromatic rings. The first-order valence-corrected chi connectivity index (χ1v) is 12.6. The van der Waals surface area contributed by atoms with E-state index in [0.717, 1.165) is 27.3 Å². The summed E-state index contributed by atoms with van der Waals surface area (Å²) in [7, 11) is 2.26. The van der Waals surface area contributed by atoms with Crippen molar-refractivity contribution >= 4 is 13.8 Å². The summed E-state index contributed by atoms with van der Waals surface area (Å²) in [5.74, 6) is -0.961. The quantitative estimate of drug-likeness (QED) is 0.368. The number of aryl methyl sites for hydroxylation is 4. The van der Waals surface area contributed by atoms with E-state index in [1.807, 2.05) is 14.1 Å². The molecule has 0 saturated carbocycles. The van der Waals surface area contributed by atoms with Crippen LogP contribution in [0.4, 0.5) is 0 Å². The molecular formula is C22H43N4O6P. The van der Waals surface area contributed by atoms with Gasteiger partial charge in [-0.25, -0.2) is 18.3 Å². The van der Waals surface area contributed by atoms with Crippen LogP contribution in [0.3, 0.4) is 0 Å². The molecule has 0 atom stereocenters. The zero-order valence-corrected chi connectivity index (χ0v) is 22.2. The van der Waals surface area contributed by atoms with Gasteiger partial charge in [0.15, 0.2) is 0 Å². The fourth-order valence-corrected chi connectivity index (χ4v) is 2.38. The fraction of sp³-hybridized carbons (Fsp3) is 0.682. The van der Waals surface area contributed by atoms with Crippen molar-refractivity contribution in [2.45, 2.75) is 72.4 Å². The number of aliphatic carboxylic acids is 1. The summed E-state index contributed by atoms with van der Waals surface area (Å²) in [4.78, 5) is 19.4. The van der Waals surface area contributed by atoms with Crippen molar-refractivity contribution in [3.8, 4) is 0 Å². The van der Waals surface area contributed by atoms with Gasteiger partial charge in [0.25, 0.3) is 7.82 Å². The highest BCUT2D eigenvalue weighted by molar-refractivity contribution is 7.45. The third-order valence-electron chi connectivity index (χ3n) is 4.09. The van der Waals surface area contributed by atoms with E-state index in [0.29, 0.717) is 6.42 Å². The van der Waals surface area contributed by atoms with Gasteiger partial charge in [0.1, 0.15) is 24.8 Å². The maximum absolute atomic E-state index is 9.95. The summed E-state index contributed by atoms with van der Waals surface area (Å²) in [6, 6.07) is 0. The van der Waals surface area contributed by atoms with Gasteiger partial charge in [-0.05, 0) is 19.3 Å². The molecule has 0 aliphatic carbocycles. The Morgan fingerprint density at radius 1 is 0.879 bits per heavy atom. The standard InChI is InChI=1S/2C8H15N2.C4H8O2.C2H7O4P/c2*1-3-4-5-10-7-6-9(2)8-10;1-2-3-4(5)6;1-5-7(3,4)6-2/h2*6-8H,3-5H2,1-2H3;2-3H2,1H3,(H,5,6);1-2H3,(H,3,4)/q2*+1;;/p-2. The Balaban J connectivity index is 0.